The number of carbonyl (C=O) groups excluding carboxylic acids is 1. The molecule has 2 aromatic carbocycles. The fourth-order valence-corrected chi connectivity index (χ4v) is 1.99. The lowest BCUT2D eigenvalue weighted by Crippen LogP contribution is -2.31. The molecule has 0 unspecified atom stereocenters. The summed E-state index contributed by atoms with van der Waals surface area (Å²) in [7, 11) is 0. The van der Waals surface area contributed by atoms with E-state index in [4.69, 9.17) is 5.26 Å². The van der Waals surface area contributed by atoms with E-state index < -0.39 is 0 Å². The molecule has 21 heavy (non-hydrogen) atoms. The average molecular weight is 282 g/mol. The summed E-state index contributed by atoms with van der Waals surface area (Å²) in [5.74, 6) is -0.763. The van der Waals surface area contributed by atoms with E-state index in [1.807, 2.05) is 12.1 Å². The van der Waals surface area contributed by atoms with Gasteiger partial charge in [0.05, 0.1) is 12.5 Å². The second-order valence-electron chi connectivity index (χ2n) is 4.44. The minimum absolute atomic E-state index is 0.161. The fraction of sp³-hybridized carbons (Fsp3) is 0.125. The van der Waals surface area contributed by atoms with Crippen LogP contribution >= 0.6 is 0 Å². The van der Waals surface area contributed by atoms with Crippen LogP contribution in [0.1, 0.15) is 16.8 Å². The predicted octanol–water partition coefficient (Wildman–Crippen LogP) is 2.66. The summed E-state index contributed by atoms with van der Waals surface area (Å²) < 4.78 is 0. The molecule has 0 radical (unpaired) electrons. The molecule has 0 saturated heterocycles. The lowest BCUT2D eigenvalue weighted by Gasteiger charge is -2.22. The molecule has 0 heterocycles. The molecule has 1 amide bonds. The standard InChI is InChI=1S/C16H14N2O3/c17-7-4-8-18(13-5-2-1-3-6-13)16(21)12-9-14(19)11-15(20)10-12/h1-3,5-6,9-11,19-20H,4,8H2. The fourth-order valence-electron chi connectivity index (χ4n) is 1.99. The first-order chi connectivity index (χ1) is 10.1. The van der Waals surface area contributed by atoms with Crippen molar-refractivity contribution in [2.24, 2.45) is 0 Å². The number of carbonyl (C=O) groups is 1. The van der Waals surface area contributed by atoms with E-state index in [9.17, 15) is 15.0 Å². The van der Waals surface area contributed by atoms with E-state index in [1.54, 1.807) is 24.3 Å². The van der Waals surface area contributed by atoms with E-state index in [0.29, 0.717) is 5.69 Å². The molecule has 2 aromatic rings. The first kappa shape index (κ1) is 14.4. The molecule has 0 aliphatic heterocycles. The quantitative estimate of drug-likeness (QED) is 0.902. The normalized spacial score (nSPS) is 9.86. The minimum atomic E-state index is -0.386. The van der Waals surface area contributed by atoms with Gasteiger partial charge in [-0.25, -0.2) is 0 Å². The van der Waals surface area contributed by atoms with Crippen LogP contribution in [0.2, 0.25) is 0 Å². The Bertz CT molecular complexity index is 657. The Balaban J connectivity index is 2.36. The van der Waals surface area contributed by atoms with Gasteiger partial charge in [-0.2, -0.15) is 5.26 Å². The van der Waals surface area contributed by atoms with Gasteiger partial charge in [-0.15, -0.1) is 0 Å². The largest absolute Gasteiger partial charge is 0.508 e. The highest BCUT2D eigenvalue weighted by atomic mass is 16.3. The smallest absolute Gasteiger partial charge is 0.258 e. The highest BCUT2D eigenvalue weighted by Gasteiger charge is 2.18. The predicted molar refractivity (Wildman–Crippen MR) is 78.1 cm³/mol. The molecule has 0 aliphatic carbocycles. The zero-order chi connectivity index (χ0) is 15.2. The summed E-state index contributed by atoms with van der Waals surface area (Å²) in [5, 5.41) is 27.7. The molecule has 106 valence electrons. The molecule has 0 bridgehead atoms. The summed E-state index contributed by atoms with van der Waals surface area (Å²) in [5.41, 5.74) is 0.815. The third kappa shape index (κ3) is 3.51. The van der Waals surface area contributed by atoms with Crippen LogP contribution in [-0.4, -0.2) is 22.7 Å². The van der Waals surface area contributed by atoms with Crippen LogP contribution in [0.15, 0.2) is 48.5 Å². The lowest BCUT2D eigenvalue weighted by molar-refractivity contribution is 0.0986. The summed E-state index contributed by atoms with van der Waals surface area (Å²) in [6.45, 7) is 0.232. The van der Waals surface area contributed by atoms with Gasteiger partial charge in [-0.05, 0) is 24.3 Å². The summed E-state index contributed by atoms with van der Waals surface area (Å²) >= 11 is 0. The molecule has 0 aliphatic rings. The second-order valence-corrected chi connectivity index (χ2v) is 4.44. The van der Waals surface area contributed by atoms with Crippen LogP contribution in [0.25, 0.3) is 0 Å². The average Bonchev–Trinajstić information content (AvgIpc) is 2.47. The number of nitrogens with zero attached hydrogens (tertiary/aromatic N) is 2. The summed E-state index contributed by atoms with van der Waals surface area (Å²) in [6, 6.07) is 14.7. The Morgan fingerprint density at radius 2 is 1.71 bits per heavy atom. The molecule has 5 heteroatoms. The van der Waals surface area contributed by atoms with Gasteiger partial charge in [0.25, 0.3) is 5.91 Å². The Morgan fingerprint density at radius 1 is 1.10 bits per heavy atom. The van der Waals surface area contributed by atoms with Crippen LogP contribution in [0, 0.1) is 11.3 Å². The number of aromatic hydroxyl groups is 2. The first-order valence-corrected chi connectivity index (χ1v) is 6.38. The maximum atomic E-state index is 12.5. The maximum absolute atomic E-state index is 12.5. The number of hydrogen-bond acceptors (Lipinski definition) is 4. The van der Waals surface area contributed by atoms with Crippen molar-refractivity contribution in [2.45, 2.75) is 6.42 Å². The number of amides is 1. The zero-order valence-electron chi connectivity index (χ0n) is 11.2. The molecule has 0 fully saturated rings. The van der Waals surface area contributed by atoms with E-state index >= 15 is 0 Å². The molecule has 2 rings (SSSR count). The first-order valence-electron chi connectivity index (χ1n) is 6.38. The number of hydrogen-bond donors (Lipinski definition) is 2. The van der Waals surface area contributed by atoms with Gasteiger partial charge in [0.2, 0.25) is 0 Å². The Morgan fingerprint density at radius 3 is 2.29 bits per heavy atom. The number of benzene rings is 2. The molecular weight excluding hydrogens is 268 g/mol. The van der Waals surface area contributed by atoms with E-state index in [1.165, 1.54) is 17.0 Å². The van der Waals surface area contributed by atoms with Crippen LogP contribution in [0.4, 0.5) is 5.69 Å². The van der Waals surface area contributed by atoms with Gasteiger partial charge in [-0.3, -0.25) is 4.79 Å². The number of nitriles is 1. The van der Waals surface area contributed by atoms with Crippen molar-refractivity contribution >= 4 is 11.6 Å². The lowest BCUT2D eigenvalue weighted by atomic mass is 10.1. The third-order valence-corrected chi connectivity index (χ3v) is 2.91. The van der Waals surface area contributed by atoms with Crippen molar-refractivity contribution in [2.75, 3.05) is 11.4 Å². The summed E-state index contributed by atoms with van der Waals surface area (Å²) in [4.78, 5) is 14.0. The number of phenolic OH excluding ortho intramolecular Hbond substituents is 2. The molecule has 0 aromatic heterocycles. The van der Waals surface area contributed by atoms with Gasteiger partial charge >= 0.3 is 0 Å². The van der Waals surface area contributed by atoms with Gasteiger partial charge in [0.15, 0.2) is 0 Å². The number of anilines is 1. The van der Waals surface area contributed by atoms with Crippen LogP contribution in [-0.2, 0) is 0 Å². The Hall–Kier alpha value is -3.00. The topological polar surface area (TPSA) is 84.6 Å². The van der Waals surface area contributed by atoms with Crippen molar-refractivity contribution in [1.82, 2.24) is 0 Å². The van der Waals surface area contributed by atoms with Crippen LogP contribution in [0.5, 0.6) is 11.5 Å². The van der Waals surface area contributed by atoms with Gasteiger partial charge in [0, 0.05) is 23.9 Å². The monoisotopic (exact) mass is 282 g/mol. The molecule has 5 nitrogen and oxygen atoms in total. The van der Waals surface area contributed by atoms with Crippen LogP contribution in [0.3, 0.4) is 0 Å². The zero-order valence-corrected chi connectivity index (χ0v) is 11.2. The molecule has 0 saturated carbocycles. The van der Waals surface area contributed by atoms with Crippen molar-refractivity contribution in [1.29, 1.82) is 5.26 Å². The molecule has 0 spiro atoms. The van der Waals surface area contributed by atoms with Gasteiger partial charge in [0.1, 0.15) is 11.5 Å². The highest BCUT2D eigenvalue weighted by molar-refractivity contribution is 6.06. The second kappa shape index (κ2) is 6.44. The van der Waals surface area contributed by atoms with E-state index in [2.05, 4.69) is 0 Å². The summed E-state index contributed by atoms with van der Waals surface area (Å²) in [6.07, 6.45) is 0.186. The van der Waals surface area contributed by atoms with Crippen molar-refractivity contribution in [3.8, 4) is 17.6 Å². The van der Waals surface area contributed by atoms with E-state index in [-0.39, 0.29) is 35.9 Å². The van der Waals surface area contributed by atoms with Crippen molar-refractivity contribution in [3.05, 3.63) is 54.1 Å². The highest BCUT2D eigenvalue weighted by Crippen LogP contribution is 2.24. The van der Waals surface area contributed by atoms with Gasteiger partial charge < -0.3 is 15.1 Å². The van der Waals surface area contributed by atoms with Crippen LogP contribution < -0.4 is 4.90 Å². The molecular formula is C16H14N2O3. The number of phenols is 2. The van der Waals surface area contributed by atoms with E-state index in [0.717, 1.165) is 6.07 Å². The SMILES string of the molecule is N#CCCN(C(=O)c1cc(O)cc(O)c1)c1ccccc1. The molecule has 0 atom stereocenters. The molecule has 2 N–H and O–H groups in total. The Labute approximate surface area is 122 Å². The Kier molecular flexibility index (Phi) is 4.42. The van der Waals surface area contributed by atoms with Gasteiger partial charge in [-0.1, -0.05) is 18.2 Å². The number of rotatable bonds is 4. The van der Waals surface area contributed by atoms with Crippen molar-refractivity contribution in [3.63, 3.8) is 0 Å². The number of para-hydroxylation sites is 1. The third-order valence-electron chi connectivity index (χ3n) is 2.91. The van der Waals surface area contributed by atoms with Crippen molar-refractivity contribution < 1.29 is 15.0 Å². The minimum Gasteiger partial charge on any atom is -0.508 e. The maximum Gasteiger partial charge on any atom is 0.258 e.